The zero-order valence-corrected chi connectivity index (χ0v) is 37.7. The van der Waals surface area contributed by atoms with Gasteiger partial charge in [-0.25, -0.2) is 0 Å². The first-order valence-electron chi connectivity index (χ1n) is 20.6. The standard InChI is InChI=1S/C37H23N2O.C17H22NSi.Ir/c1-3-13-25(14-4-1)27-18-11-19-28(26-15-5-2-6-16-26)35(27)39-33-23-9-8-22-32(33)38-37(39)31-21-12-20-30-29-17-7-10-24-34(29)40-36(30)31;1-13(2)14-6-8-15(9-7-14)17-11-10-16(12-18-17)19(3,4)5;/h1-20,22-24H;6-8,10-13H,1-5H3;/q2*-1;/i;13D;. The summed E-state index contributed by atoms with van der Waals surface area (Å²) in [4.78, 5) is 9.78. The van der Waals surface area contributed by atoms with E-state index in [0.717, 1.165) is 89.1 Å². The summed E-state index contributed by atoms with van der Waals surface area (Å²) >= 11 is 0. The van der Waals surface area contributed by atoms with Crippen LogP contribution in [0, 0.1) is 12.1 Å². The van der Waals surface area contributed by atoms with Crippen LogP contribution in [0.25, 0.3) is 83.6 Å². The van der Waals surface area contributed by atoms with Crippen molar-refractivity contribution in [3.8, 4) is 50.6 Å². The number of hydrogen-bond acceptors (Lipinski definition) is 3. The normalized spacial score (nSPS) is 11.8. The fourth-order valence-electron chi connectivity index (χ4n) is 7.65. The van der Waals surface area contributed by atoms with E-state index in [-0.39, 0.29) is 20.1 Å². The Hall–Kier alpha value is -6.17. The Bertz CT molecular complexity index is 2980. The van der Waals surface area contributed by atoms with E-state index >= 15 is 0 Å². The van der Waals surface area contributed by atoms with Crippen LogP contribution in [-0.2, 0) is 20.1 Å². The summed E-state index contributed by atoms with van der Waals surface area (Å²) in [5, 5.41) is 3.51. The predicted octanol–water partition coefficient (Wildman–Crippen LogP) is 13.9. The van der Waals surface area contributed by atoms with Crippen molar-refractivity contribution in [1.82, 2.24) is 14.5 Å². The van der Waals surface area contributed by atoms with Gasteiger partial charge < -0.3 is 14.0 Å². The van der Waals surface area contributed by atoms with Crippen LogP contribution in [0.1, 0.15) is 26.7 Å². The predicted molar refractivity (Wildman–Crippen MR) is 249 cm³/mol. The van der Waals surface area contributed by atoms with Gasteiger partial charge in [-0.2, -0.15) is 0 Å². The van der Waals surface area contributed by atoms with E-state index in [1.54, 1.807) is 0 Å². The first kappa shape index (κ1) is 39.3. The summed E-state index contributed by atoms with van der Waals surface area (Å²) in [5.41, 5.74) is 13.0. The van der Waals surface area contributed by atoms with Gasteiger partial charge in [0, 0.05) is 44.2 Å². The van der Waals surface area contributed by atoms with Crippen molar-refractivity contribution in [3.05, 3.63) is 194 Å². The summed E-state index contributed by atoms with van der Waals surface area (Å²) < 4.78 is 16.8. The maximum atomic E-state index is 8.01. The average molecular weight is 973 g/mol. The molecule has 10 aromatic rings. The molecule has 10 rings (SSSR count). The van der Waals surface area contributed by atoms with Gasteiger partial charge in [-0.3, -0.25) is 4.98 Å². The first-order chi connectivity index (χ1) is 29.0. The number of hydrogen-bond donors (Lipinski definition) is 0. The smallest absolute Gasteiger partial charge is 0.120 e. The van der Waals surface area contributed by atoms with Gasteiger partial charge in [0.2, 0.25) is 0 Å². The Labute approximate surface area is 368 Å². The van der Waals surface area contributed by atoms with Crippen molar-refractivity contribution < 1.29 is 25.9 Å². The zero-order valence-electron chi connectivity index (χ0n) is 35.3. The van der Waals surface area contributed by atoms with Crippen LogP contribution in [0.15, 0.2) is 180 Å². The van der Waals surface area contributed by atoms with E-state index in [1.165, 1.54) is 5.19 Å². The molecule has 0 unspecified atom stereocenters. The summed E-state index contributed by atoms with van der Waals surface area (Å²) in [7, 11) is -1.29. The van der Waals surface area contributed by atoms with Crippen molar-refractivity contribution in [2.24, 2.45) is 0 Å². The van der Waals surface area contributed by atoms with E-state index in [9.17, 15) is 0 Å². The SMILES string of the molecule is [2H]C(C)(C)c1c[c-]c(-c2ccc([Si](C)(C)C)cn2)cc1.[Ir].[c-]1ccc2c(oc3ccccc32)c1-c1nc2ccccc2n1-c1c(-c2ccccc2)cccc1-c1ccccc1. The van der Waals surface area contributed by atoms with Gasteiger partial charge in [0.25, 0.3) is 0 Å². The molecule has 297 valence electrons. The Balaban J connectivity index is 0.000000208. The van der Waals surface area contributed by atoms with Gasteiger partial charge in [-0.1, -0.05) is 172 Å². The molecule has 3 heterocycles. The topological polar surface area (TPSA) is 43.9 Å². The second kappa shape index (κ2) is 17.2. The molecular formula is C54H45IrN3OSi-2. The largest absolute Gasteiger partial charge is 0.501 e. The molecule has 0 aliphatic heterocycles. The molecule has 7 aromatic carbocycles. The number of furan rings is 1. The molecule has 0 saturated carbocycles. The Kier molecular flexibility index (Phi) is 11.3. The monoisotopic (exact) mass is 973 g/mol. The van der Waals surface area contributed by atoms with Crippen LogP contribution in [0.2, 0.25) is 19.6 Å². The average Bonchev–Trinajstić information content (AvgIpc) is 3.85. The van der Waals surface area contributed by atoms with Gasteiger partial charge in [0.15, 0.2) is 0 Å². The van der Waals surface area contributed by atoms with E-state index < -0.39 is 14.0 Å². The quantitative estimate of drug-likeness (QED) is 0.118. The van der Waals surface area contributed by atoms with Crippen molar-refractivity contribution >= 4 is 46.2 Å². The molecule has 0 aliphatic rings. The Morgan fingerprint density at radius 2 is 1.33 bits per heavy atom. The molecule has 0 spiro atoms. The molecule has 0 N–H and O–H groups in total. The Morgan fingerprint density at radius 3 is 1.97 bits per heavy atom. The zero-order chi connectivity index (χ0) is 41.4. The van der Waals surface area contributed by atoms with Gasteiger partial charge in [0.05, 0.1) is 36.2 Å². The van der Waals surface area contributed by atoms with Gasteiger partial charge in [0.1, 0.15) is 5.58 Å². The number of benzene rings is 7. The third-order valence-electron chi connectivity index (χ3n) is 10.8. The summed E-state index contributed by atoms with van der Waals surface area (Å²) in [5.74, 6) is 0.218. The fraction of sp³-hybridized carbons (Fsp3) is 0.111. The molecule has 0 fully saturated rings. The minimum absolute atomic E-state index is 0. The van der Waals surface area contributed by atoms with E-state index in [2.05, 4.69) is 163 Å². The third kappa shape index (κ3) is 7.94. The maximum Gasteiger partial charge on any atom is 0.120 e. The second-order valence-electron chi connectivity index (χ2n) is 16.1. The molecular weight excluding hydrogens is 927 g/mol. The molecule has 6 heteroatoms. The molecule has 4 nitrogen and oxygen atoms in total. The molecule has 0 amide bonds. The van der Waals surface area contributed by atoms with Gasteiger partial charge >= 0.3 is 0 Å². The Morgan fingerprint density at radius 1 is 0.667 bits per heavy atom. The third-order valence-corrected chi connectivity index (χ3v) is 12.9. The van der Waals surface area contributed by atoms with Crippen molar-refractivity contribution in [1.29, 1.82) is 0 Å². The number of para-hydroxylation sites is 4. The fourth-order valence-corrected chi connectivity index (χ4v) is 8.69. The van der Waals surface area contributed by atoms with Crippen molar-refractivity contribution in [3.63, 3.8) is 0 Å². The minimum atomic E-state index is -1.29. The summed E-state index contributed by atoms with van der Waals surface area (Å²) in [6, 6.07) is 65.1. The molecule has 0 atom stereocenters. The van der Waals surface area contributed by atoms with E-state index in [1.807, 2.05) is 68.6 Å². The number of aromatic nitrogens is 3. The van der Waals surface area contributed by atoms with E-state index in [4.69, 9.17) is 10.8 Å². The first-order valence-corrected chi connectivity index (χ1v) is 23.6. The molecule has 60 heavy (non-hydrogen) atoms. The van der Waals surface area contributed by atoms with Crippen LogP contribution in [-0.4, -0.2) is 22.6 Å². The van der Waals surface area contributed by atoms with Gasteiger partial charge in [-0.05, 0) is 40.2 Å². The van der Waals surface area contributed by atoms with Crippen LogP contribution in [0.4, 0.5) is 0 Å². The molecule has 0 bridgehead atoms. The van der Waals surface area contributed by atoms with Crippen LogP contribution in [0.5, 0.6) is 0 Å². The summed E-state index contributed by atoms with van der Waals surface area (Å²) in [6.07, 6.45) is 2.00. The van der Waals surface area contributed by atoms with Crippen LogP contribution < -0.4 is 5.19 Å². The van der Waals surface area contributed by atoms with Gasteiger partial charge in [-0.15, -0.1) is 53.6 Å². The maximum absolute atomic E-state index is 8.01. The number of imidazole rings is 1. The van der Waals surface area contributed by atoms with Crippen molar-refractivity contribution in [2.45, 2.75) is 39.4 Å². The number of rotatable bonds is 7. The number of pyridine rings is 1. The van der Waals surface area contributed by atoms with Crippen LogP contribution >= 0.6 is 0 Å². The number of fused-ring (bicyclic) bond motifs is 4. The molecule has 0 saturated heterocycles. The second-order valence-corrected chi connectivity index (χ2v) is 21.1. The molecule has 1 radical (unpaired) electrons. The van der Waals surface area contributed by atoms with Crippen LogP contribution in [0.3, 0.4) is 0 Å². The van der Waals surface area contributed by atoms with Crippen molar-refractivity contribution in [2.75, 3.05) is 0 Å². The molecule has 3 aromatic heterocycles. The minimum Gasteiger partial charge on any atom is -0.501 e. The number of nitrogens with zero attached hydrogens (tertiary/aromatic N) is 3. The molecule has 0 aliphatic carbocycles. The summed E-state index contributed by atoms with van der Waals surface area (Å²) in [6.45, 7) is 10.7. The van der Waals surface area contributed by atoms with E-state index in [0.29, 0.717) is 0 Å².